The third kappa shape index (κ3) is 3.75. The monoisotopic (exact) mass is 348 g/mol. The van der Waals surface area contributed by atoms with Crippen molar-refractivity contribution in [1.82, 2.24) is 10.2 Å². The normalized spacial score (nSPS) is 25.3. The summed E-state index contributed by atoms with van der Waals surface area (Å²) in [7, 11) is 0. The SMILES string of the molecule is Cl.Cl.OCC(c1ccccc1)N1CCCCC1C1(O)CNC1. The van der Waals surface area contributed by atoms with E-state index in [0.717, 1.165) is 31.4 Å². The zero-order valence-electron chi connectivity index (χ0n) is 12.6. The van der Waals surface area contributed by atoms with E-state index in [0.29, 0.717) is 13.1 Å². The molecule has 0 spiro atoms. The molecule has 2 aliphatic heterocycles. The van der Waals surface area contributed by atoms with Gasteiger partial charge in [0.05, 0.1) is 12.6 Å². The summed E-state index contributed by atoms with van der Waals surface area (Å²) in [4.78, 5) is 2.32. The lowest BCUT2D eigenvalue weighted by atomic mass is 9.80. The molecular formula is C16H26Cl2N2O2. The zero-order valence-corrected chi connectivity index (χ0v) is 14.3. The molecule has 2 unspecified atom stereocenters. The fourth-order valence-electron chi connectivity index (χ4n) is 3.60. The number of β-amino-alcohol motifs (C(OH)–C–C–N with tert-alkyl or cyclic N) is 1. The van der Waals surface area contributed by atoms with Crippen LogP contribution in [0.3, 0.4) is 0 Å². The van der Waals surface area contributed by atoms with Gasteiger partial charge >= 0.3 is 0 Å². The van der Waals surface area contributed by atoms with Crippen LogP contribution in [0.15, 0.2) is 30.3 Å². The predicted octanol–water partition coefficient (Wildman–Crippen LogP) is 1.75. The quantitative estimate of drug-likeness (QED) is 0.775. The van der Waals surface area contributed by atoms with Gasteiger partial charge in [-0.1, -0.05) is 36.8 Å². The molecule has 2 saturated heterocycles. The van der Waals surface area contributed by atoms with Gasteiger partial charge in [-0.05, 0) is 24.9 Å². The highest BCUT2D eigenvalue weighted by atomic mass is 35.5. The molecule has 0 aliphatic carbocycles. The molecule has 22 heavy (non-hydrogen) atoms. The summed E-state index contributed by atoms with van der Waals surface area (Å²) in [6, 6.07) is 10.3. The summed E-state index contributed by atoms with van der Waals surface area (Å²) in [6.45, 7) is 2.39. The minimum atomic E-state index is -0.622. The van der Waals surface area contributed by atoms with E-state index in [2.05, 4.69) is 22.3 Å². The lowest BCUT2D eigenvalue weighted by molar-refractivity contribution is -0.111. The first-order chi connectivity index (χ1) is 9.74. The van der Waals surface area contributed by atoms with Crippen LogP contribution in [-0.2, 0) is 0 Å². The number of nitrogens with zero attached hydrogens (tertiary/aromatic N) is 1. The Labute approximate surface area is 144 Å². The van der Waals surface area contributed by atoms with E-state index in [-0.39, 0.29) is 43.5 Å². The van der Waals surface area contributed by atoms with E-state index in [1.807, 2.05) is 18.2 Å². The second-order valence-corrected chi connectivity index (χ2v) is 6.07. The van der Waals surface area contributed by atoms with Crippen LogP contribution in [0.2, 0.25) is 0 Å². The van der Waals surface area contributed by atoms with Gasteiger partial charge in [-0.3, -0.25) is 4.90 Å². The van der Waals surface area contributed by atoms with Crippen LogP contribution < -0.4 is 5.32 Å². The Morgan fingerprint density at radius 1 is 1.18 bits per heavy atom. The van der Waals surface area contributed by atoms with Crippen molar-refractivity contribution < 1.29 is 10.2 Å². The maximum Gasteiger partial charge on any atom is 0.105 e. The molecule has 126 valence electrons. The number of rotatable bonds is 4. The first kappa shape index (κ1) is 19.7. The first-order valence-corrected chi connectivity index (χ1v) is 7.59. The van der Waals surface area contributed by atoms with Gasteiger partial charge in [-0.2, -0.15) is 0 Å². The van der Waals surface area contributed by atoms with Crippen molar-refractivity contribution >= 4 is 24.8 Å². The van der Waals surface area contributed by atoms with Crippen LogP contribution in [-0.4, -0.2) is 53.0 Å². The van der Waals surface area contributed by atoms with Crippen molar-refractivity contribution in [2.45, 2.75) is 36.9 Å². The van der Waals surface area contributed by atoms with Gasteiger partial charge in [0.15, 0.2) is 0 Å². The second kappa shape index (κ2) is 8.48. The fraction of sp³-hybridized carbons (Fsp3) is 0.625. The third-order valence-corrected chi connectivity index (χ3v) is 4.78. The molecule has 0 amide bonds. The van der Waals surface area contributed by atoms with Crippen molar-refractivity contribution in [3.63, 3.8) is 0 Å². The van der Waals surface area contributed by atoms with E-state index in [1.54, 1.807) is 0 Å². The van der Waals surface area contributed by atoms with E-state index in [1.165, 1.54) is 0 Å². The Morgan fingerprint density at radius 2 is 1.86 bits per heavy atom. The van der Waals surface area contributed by atoms with Gasteiger partial charge in [0.1, 0.15) is 5.60 Å². The Kier molecular flexibility index (Phi) is 7.59. The molecule has 2 fully saturated rings. The highest BCUT2D eigenvalue weighted by Gasteiger charge is 2.47. The van der Waals surface area contributed by atoms with Crippen molar-refractivity contribution in [2.24, 2.45) is 0 Å². The van der Waals surface area contributed by atoms with Gasteiger partial charge in [-0.25, -0.2) is 0 Å². The van der Waals surface area contributed by atoms with E-state index in [4.69, 9.17) is 0 Å². The Balaban J connectivity index is 0.00000121. The molecule has 4 nitrogen and oxygen atoms in total. The van der Waals surface area contributed by atoms with E-state index in [9.17, 15) is 10.2 Å². The minimum absolute atomic E-state index is 0. The molecule has 0 bridgehead atoms. The van der Waals surface area contributed by atoms with E-state index >= 15 is 0 Å². The molecule has 2 aliphatic rings. The number of benzene rings is 1. The molecule has 0 radical (unpaired) electrons. The van der Waals surface area contributed by atoms with Crippen LogP contribution in [0.1, 0.15) is 30.9 Å². The molecule has 0 saturated carbocycles. The average molecular weight is 349 g/mol. The number of hydrogen-bond donors (Lipinski definition) is 3. The molecule has 2 atom stereocenters. The van der Waals surface area contributed by atoms with Gasteiger partial charge in [0.2, 0.25) is 0 Å². The number of aliphatic hydroxyl groups excluding tert-OH is 1. The minimum Gasteiger partial charge on any atom is -0.394 e. The third-order valence-electron chi connectivity index (χ3n) is 4.78. The van der Waals surface area contributed by atoms with Gasteiger partial charge in [0, 0.05) is 19.1 Å². The van der Waals surface area contributed by atoms with Gasteiger partial charge in [0.25, 0.3) is 0 Å². The zero-order chi connectivity index (χ0) is 14.0. The maximum atomic E-state index is 10.7. The van der Waals surface area contributed by atoms with E-state index < -0.39 is 5.60 Å². The van der Waals surface area contributed by atoms with Crippen molar-refractivity contribution in [3.8, 4) is 0 Å². The molecule has 0 aromatic heterocycles. The fourth-order valence-corrected chi connectivity index (χ4v) is 3.60. The summed E-state index contributed by atoms with van der Waals surface area (Å²) < 4.78 is 0. The van der Waals surface area contributed by atoms with Crippen molar-refractivity contribution in [1.29, 1.82) is 0 Å². The number of halogens is 2. The molecule has 3 rings (SSSR count). The molecule has 6 heteroatoms. The van der Waals surface area contributed by atoms with Crippen molar-refractivity contribution in [2.75, 3.05) is 26.2 Å². The Morgan fingerprint density at radius 3 is 2.41 bits per heavy atom. The largest absolute Gasteiger partial charge is 0.394 e. The number of aliphatic hydroxyl groups is 2. The Hall–Kier alpha value is -0.360. The smallest absolute Gasteiger partial charge is 0.105 e. The summed E-state index contributed by atoms with van der Waals surface area (Å²) in [5.74, 6) is 0. The van der Waals surface area contributed by atoms with Crippen LogP contribution in [0, 0.1) is 0 Å². The molecule has 2 heterocycles. The number of hydrogen-bond acceptors (Lipinski definition) is 4. The van der Waals surface area contributed by atoms with Crippen LogP contribution in [0.4, 0.5) is 0 Å². The topological polar surface area (TPSA) is 55.7 Å². The van der Waals surface area contributed by atoms with Crippen LogP contribution in [0.5, 0.6) is 0 Å². The lowest BCUT2D eigenvalue weighted by Crippen LogP contribution is -2.70. The molecule has 1 aromatic carbocycles. The summed E-state index contributed by atoms with van der Waals surface area (Å²) in [5, 5.41) is 23.8. The van der Waals surface area contributed by atoms with Gasteiger partial charge in [-0.15, -0.1) is 24.8 Å². The standard InChI is InChI=1S/C16H24N2O2.2ClH/c19-10-14(13-6-2-1-3-7-13)18-9-5-4-8-15(18)16(20)11-17-12-16;;/h1-3,6-7,14-15,17,19-20H,4-5,8-12H2;2*1H. The van der Waals surface area contributed by atoms with Crippen LogP contribution >= 0.6 is 24.8 Å². The highest BCUT2D eigenvalue weighted by molar-refractivity contribution is 5.85. The number of nitrogens with one attached hydrogen (secondary N) is 1. The number of likely N-dealkylation sites (tertiary alicyclic amines) is 1. The average Bonchev–Trinajstić information content (AvgIpc) is 2.47. The molecular weight excluding hydrogens is 323 g/mol. The number of piperidine rings is 1. The summed E-state index contributed by atoms with van der Waals surface area (Å²) in [5.41, 5.74) is 0.514. The summed E-state index contributed by atoms with van der Waals surface area (Å²) in [6.07, 6.45) is 3.32. The second-order valence-electron chi connectivity index (χ2n) is 6.07. The molecule has 1 aromatic rings. The summed E-state index contributed by atoms with van der Waals surface area (Å²) >= 11 is 0. The molecule has 3 N–H and O–H groups in total. The van der Waals surface area contributed by atoms with Crippen LogP contribution in [0.25, 0.3) is 0 Å². The predicted molar refractivity (Wildman–Crippen MR) is 92.9 cm³/mol. The highest BCUT2D eigenvalue weighted by Crippen LogP contribution is 2.35. The lowest BCUT2D eigenvalue weighted by Gasteiger charge is -2.52. The first-order valence-electron chi connectivity index (χ1n) is 7.59. The maximum absolute atomic E-state index is 10.7. The Bertz CT molecular complexity index is 443. The van der Waals surface area contributed by atoms with Crippen molar-refractivity contribution in [3.05, 3.63) is 35.9 Å². The van der Waals surface area contributed by atoms with Gasteiger partial charge < -0.3 is 15.5 Å².